The zero-order valence-electron chi connectivity index (χ0n) is 11.5. The van der Waals surface area contributed by atoms with Gasteiger partial charge in [0.1, 0.15) is 5.78 Å². The van der Waals surface area contributed by atoms with Gasteiger partial charge < -0.3 is 10.2 Å². The maximum absolute atomic E-state index is 10.9. The normalized spacial score (nSPS) is 9.00. The largest absolute Gasteiger partial charge is 0.338 e. The maximum atomic E-state index is 10.9. The molecule has 0 bridgehead atoms. The number of ketones is 2. The Hall–Kier alpha value is -1.23. The van der Waals surface area contributed by atoms with Crippen molar-refractivity contribution < 1.29 is 14.4 Å². The van der Waals surface area contributed by atoms with E-state index in [1.807, 2.05) is 0 Å². The Balaban J connectivity index is 0. The molecule has 1 amide bonds. The van der Waals surface area contributed by atoms with Crippen molar-refractivity contribution in [2.45, 2.75) is 33.6 Å². The molecule has 5 heteroatoms. The van der Waals surface area contributed by atoms with Crippen LogP contribution in [0.4, 0.5) is 0 Å². The predicted molar refractivity (Wildman–Crippen MR) is 67.8 cm³/mol. The number of amides is 1. The minimum absolute atomic E-state index is 0.0202. The van der Waals surface area contributed by atoms with Crippen LogP contribution in [0.5, 0.6) is 0 Å². The molecule has 0 spiro atoms. The number of likely N-dealkylation sites (N-methyl/N-ethyl adjacent to an activating group) is 2. The Bertz CT molecular complexity index is 252. The summed E-state index contributed by atoms with van der Waals surface area (Å²) in [6.07, 6.45) is 0.967. The summed E-state index contributed by atoms with van der Waals surface area (Å²) in [4.78, 5) is 33.2. The van der Waals surface area contributed by atoms with E-state index in [1.54, 1.807) is 34.9 Å². The molecule has 0 radical (unpaired) electrons. The van der Waals surface area contributed by atoms with Crippen LogP contribution in [-0.4, -0.2) is 49.6 Å². The second-order valence-corrected chi connectivity index (χ2v) is 3.73. The van der Waals surface area contributed by atoms with Crippen LogP contribution in [0.1, 0.15) is 33.6 Å². The molecule has 0 saturated heterocycles. The van der Waals surface area contributed by atoms with Crippen LogP contribution in [0.15, 0.2) is 0 Å². The van der Waals surface area contributed by atoms with Gasteiger partial charge in [-0.2, -0.15) is 0 Å². The lowest BCUT2D eigenvalue weighted by atomic mass is 10.3. The summed E-state index contributed by atoms with van der Waals surface area (Å²) in [5.41, 5.74) is 0. The van der Waals surface area contributed by atoms with E-state index >= 15 is 0 Å². The zero-order valence-corrected chi connectivity index (χ0v) is 11.5. The first-order valence-electron chi connectivity index (χ1n) is 5.78. The molecule has 0 aliphatic rings. The molecule has 17 heavy (non-hydrogen) atoms. The van der Waals surface area contributed by atoms with Gasteiger partial charge in [0, 0.05) is 19.9 Å². The third-order valence-electron chi connectivity index (χ3n) is 1.96. The summed E-state index contributed by atoms with van der Waals surface area (Å²) in [6.45, 7) is 5.88. The fourth-order valence-electron chi connectivity index (χ4n) is 0.983. The predicted octanol–water partition coefficient (Wildman–Crippen LogP) is 0.629. The number of rotatable bonds is 6. The quantitative estimate of drug-likeness (QED) is 0.744. The number of hydrogen-bond acceptors (Lipinski definition) is 4. The standard InChI is InChI=1S/C8H15NO2.C4H9NO/c1-4-7(10)6-9(3)8(11)5-2;1-4(6)3-5-2/h4-6H2,1-3H3;5H,3H2,1-2H3. The van der Waals surface area contributed by atoms with E-state index in [9.17, 15) is 14.4 Å². The average Bonchev–Trinajstić information content (AvgIpc) is 2.28. The van der Waals surface area contributed by atoms with Crippen molar-refractivity contribution in [3.8, 4) is 0 Å². The smallest absolute Gasteiger partial charge is 0.222 e. The van der Waals surface area contributed by atoms with E-state index in [-0.39, 0.29) is 24.0 Å². The summed E-state index contributed by atoms with van der Waals surface area (Å²) in [5, 5.41) is 2.72. The molecule has 0 aromatic rings. The van der Waals surface area contributed by atoms with Crippen LogP contribution in [0, 0.1) is 0 Å². The first kappa shape index (κ1) is 18.1. The topological polar surface area (TPSA) is 66.5 Å². The summed E-state index contributed by atoms with van der Waals surface area (Å²) in [5.74, 6) is 0.304. The monoisotopic (exact) mass is 244 g/mol. The highest BCUT2D eigenvalue weighted by Crippen LogP contribution is 1.91. The maximum Gasteiger partial charge on any atom is 0.222 e. The highest BCUT2D eigenvalue weighted by atomic mass is 16.2. The molecular weight excluding hydrogens is 220 g/mol. The van der Waals surface area contributed by atoms with Crippen molar-refractivity contribution >= 4 is 17.5 Å². The molecule has 1 N–H and O–H groups in total. The van der Waals surface area contributed by atoms with Crippen LogP contribution in [0.25, 0.3) is 0 Å². The van der Waals surface area contributed by atoms with E-state index in [4.69, 9.17) is 0 Å². The van der Waals surface area contributed by atoms with Crippen LogP contribution in [0.3, 0.4) is 0 Å². The number of carbonyl (C=O) groups is 3. The zero-order chi connectivity index (χ0) is 13.8. The van der Waals surface area contributed by atoms with Crippen LogP contribution in [0.2, 0.25) is 0 Å². The van der Waals surface area contributed by atoms with Crippen LogP contribution < -0.4 is 5.32 Å². The van der Waals surface area contributed by atoms with Crippen molar-refractivity contribution in [2.75, 3.05) is 27.2 Å². The SMILES string of the molecule is CCC(=O)CN(C)C(=O)CC.CNCC(C)=O. The molecule has 0 fully saturated rings. The fourth-order valence-corrected chi connectivity index (χ4v) is 0.983. The van der Waals surface area contributed by atoms with E-state index in [2.05, 4.69) is 5.32 Å². The molecule has 5 nitrogen and oxygen atoms in total. The van der Waals surface area contributed by atoms with Crippen LogP contribution in [-0.2, 0) is 14.4 Å². The van der Waals surface area contributed by atoms with Gasteiger partial charge in [-0.15, -0.1) is 0 Å². The molecule has 0 aromatic heterocycles. The third-order valence-corrected chi connectivity index (χ3v) is 1.96. The van der Waals surface area contributed by atoms with Gasteiger partial charge in [0.25, 0.3) is 0 Å². The minimum Gasteiger partial charge on any atom is -0.338 e. The van der Waals surface area contributed by atoms with Crippen molar-refractivity contribution in [1.82, 2.24) is 10.2 Å². The molecule has 0 rings (SSSR count). The van der Waals surface area contributed by atoms with Crippen molar-refractivity contribution in [1.29, 1.82) is 0 Å². The van der Waals surface area contributed by atoms with Crippen molar-refractivity contribution in [2.24, 2.45) is 0 Å². The van der Waals surface area contributed by atoms with Gasteiger partial charge >= 0.3 is 0 Å². The fraction of sp³-hybridized carbons (Fsp3) is 0.750. The highest BCUT2D eigenvalue weighted by Gasteiger charge is 2.08. The Morgan fingerprint density at radius 2 is 1.65 bits per heavy atom. The molecule has 0 heterocycles. The summed E-state index contributed by atoms with van der Waals surface area (Å²) in [7, 11) is 3.40. The third kappa shape index (κ3) is 12.7. The number of hydrogen-bond donors (Lipinski definition) is 1. The molecular formula is C12H24N2O3. The molecule has 0 aliphatic heterocycles. The van der Waals surface area contributed by atoms with Gasteiger partial charge in [-0.05, 0) is 14.0 Å². The first-order chi connectivity index (χ1) is 7.88. The molecule has 100 valence electrons. The summed E-state index contributed by atoms with van der Waals surface area (Å²) < 4.78 is 0. The Morgan fingerprint density at radius 1 is 1.12 bits per heavy atom. The lowest BCUT2D eigenvalue weighted by molar-refractivity contribution is -0.133. The summed E-state index contributed by atoms with van der Waals surface area (Å²) in [6, 6.07) is 0. The lowest BCUT2D eigenvalue weighted by Gasteiger charge is -2.14. The second kappa shape index (κ2) is 11.3. The van der Waals surface area contributed by atoms with E-state index < -0.39 is 0 Å². The van der Waals surface area contributed by atoms with Gasteiger partial charge in [-0.25, -0.2) is 0 Å². The molecule has 0 atom stereocenters. The second-order valence-electron chi connectivity index (χ2n) is 3.73. The van der Waals surface area contributed by atoms with Gasteiger partial charge in [0.05, 0.1) is 13.1 Å². The van der Waals surface area contributed by atoms with Gasteiger partial charge in [0.2, 0.25) is 5.91 Å². The number of carbonyl (C=O) groups excluding carboxylic acids is 3. The average molecular weight is 244 g/mol. The first-order valence-corrected chi connectivity index (χ1v) is 5.78. The number of nitrogens with one attached hydrogen (secondary N) is 1. The highest BCUT2D eigenvalue weighted by molar-refractivity contribution is 5.85. The van der Waals surface area contributed by atoms with Gasteiger partial charge in [0.15, 0.2) is 5.78 Å². The van der Waals surface area contributed by atoms with Crippen LogP contribution >= 0.6 is 0 Å². The van der Waals surface area contributed by atoms with E-state index in [0.717, 1.165) is 0 Å². The van der Waals surface area contributed by atoms with Crippen molar-refractivity contribution in [3.05, 3.63) is 0 Å². The number of nitrogens with zero attached hydrogens (tertiary/aromatic N) is 1. The molecule has 0 unspecified atom stereocenters. The number of Topliss-reactive ketones (excluding diaryl/α,β-unsaturated/α-hetero) is 2. The lowest BCUT2D eigenvalue weighted by Crippen LogP contribution is -2.31. The Labute approximate surface area is 104 Å². The Kier molecular flexibility index (Phi) is 12.0. The van der Waals surface area contributed by atoms with Gasteiger partial charge in [-0.1, -0.05) is 13.8 Å². The van der Waals surface area contributed by atoms with Crippen molar-refractivity contribution in [3.63, 3.8) is 0 Å². The summed E-state index contributed by atoms with van der Waals surface area (Å²) >= 11 is 0. The van der Waals surface area contributed by atoms with Gasteiger partial charge in [-0.3, -0.25) is 14.4 Å². The minimum atomic E-state index is 0.0202. The van der Waals surface area contributed by atoms with E-state index in [0.29, 0.717) is 19.4 Å². The molecule has 0 aliphatic carbocycles. The molecule has 0 saturated carbocycles. The molecule has 0 aromatic carbocycles. The Morgan fingerprint density at radius 3 is 1.88 bits per heavy atom. The van der Waals surface area contributed by atoms with E-state index in [1.165, 1.54) is 4.90 Å².